The standard InChI is InChI=1S/C13H20N2O3/c1-18-12(16)10-3-2-6-15-11(10)8-14(13(15)17)7-9-4-5-9/h9-11H,2-8H2,1H3. The largest absolute Gasteiger partial charge is 0.469 e. The van der Waals surface area contributed by atoms with Gasteiger partial charge in [0.05, 0.1) is 19.1 Å². The van der Waals surface area contributed by atoms with Crippen molar-refractivity contribution in [2.75, 3.05) is 26.7 Å². The molecule has 2 atom stereocenters. The Morgan fingerprint density at radius 2 is 2.17 bits per heavy atom. The van der Waals surface area contributed by atoms with Crippen molar-refractivity contribution < 1.29 is 14.3 Å². The third-order valence-corrected chi connectivity index (χ3v) is 4.38. The zero-order valence-electron chi connectivity index (χ0n) is 10.8. The lowest BCUT2D eigenvalue weighted by molar-refractivity contribution is -0.148. The van der Waals surface area contributed by atoms with Crippen LogP contribution in [0.15, 0.2) is 0 Å². The highest BCUT2D eigenvalue weighted by molar-refractivity contribution is 5.81. The summed E-state index contributed by atoms with van der Waals surface area (Å²) in [6, 6.07) is 0.165. The molecule has 3 aliphatic rings. The highest BCUT2D eigenvalue weighted by Gasteiger charge is 2.47. The Kier molecular flexibility index (Phi) is 2.92. The second kappa shape index (κ2) is 4.44. The van der Waals surface area contributed by atoms with E-state index in [1.165, 1.54) is 20.0 Å². The zero-order valence-corrected chi connectivity index (χ0v) is 10.8. The molecule has 5 nitrogen and oxygen atoms in total. The van der Waals surface area contributed by atoms with Crippen LogP contribution in [0.25, 0.3) is 0 Å². The van der Waals surface area contributed by atoms with Gasteiger partial charge < -0.3 is 14.5 Å². The second-order valence-electron chi connectivity index (χ2n) is 5.66. The van der Waals surface area contributed by atoms with Crippen LogP contribution in [-0.4, -0.2) is 54.6 Å². The first-order valence-electron chi connectivity index (χ1n) is 6.84. The first kappa shape index (κ1) is 11.8. The van der Waals surface area contributed by atoms with E-state index in [0.717, 1.165) is 25.9 Å². The molecular weight excluding hydrogens is 232 g/mol. The van der Waals surface area contributed by atoms with Crippen molar-refractivity contribution in [3.05, 3.63) is 0 Å². The number of carbonyl (C=O) groups excluding carboxylic acids is 2. The van der Waals surface area contributed by atoms with E-state index in [1.54, 1.807) is 0 Å². The minimum absolute atomic E-state index is 0.0393. The fourth-order valence-electron chi connectivity index (χ4n) is 3.20. The Hall–Kier alpha value is -1.26. The second-order valence-corrected chi connectivity index (χ2v) is 5.66. The Balaban J connectivity index is 1.72. The molecular formula is C13H20N2O3. The molecule has 2 heterocycles. The van der Waals surface area contributed by atoms with Crippen LogP contribution in [0.4, 0.5) is 4.79 Å². The van der Waals surface area contributed by atoms with Crippen molar-refractivity contribution in [1.82, 2.24) is 9.80 Å². The summed E-state index contributed by atoms with van der Waals surface area (Å²) in [6.45, 7) is 2.37. The van der Waals surface area contributed by atoms with Crippen LogP contribution in [0.1, 0.15) is 25.7 Å². The lowest BCUT2D eigenvalue weighted by atomic mass is 9.90. The van der Waals surface area contributed by atoms with Gasteiger partial charge in [-0.2, -0.15) is 0 Å². The van der Waals surface area contributed by atoms with Gasteiger partial charge in [-0.25, -0.2) is 4.79 Å². The van der Waals surface area contributed by atoms with E-state index in [0.29, 0.717) is 12.5 Å². The number of hydrogen-bond donors (Lipinski definition) is 0. The van der Waals surface area contributed by atoms with Crippen LogP contribution in [0.2, 0.25) is 0 Å². The summed E-state index contributed by atoms with van der Waals surface area (Å²) in [5, 5.41) is 0. The van der Waals surface area contributed by atoms with Crippen LogP contribution in [0.5, 0.6) is 0 Å². The quantitative estimate of drug-likeness (QED) is 0.706. The van der Waals surface area contributed by atoms with Gasteiger partial charge >= 0.3 is 12.0 Å². The molecule has 18 heavy (non-hydrogen) atoms. The van der Waals surface area contributed by atoms with E-state index in [2.05, 4.69) is 0 Å². The van der Waals surface area contributed by atoms with Crippen molar-refractivity contribution in [2.24, 2.45) is 11.8 Å². The lowest BCUT2D eigenvalue weighted by Gasteiger charge is -2.33. The molecule has 3 rings (SSSR count). The van der Waals surface area contributed by atoms with E-state index in [4.69, 9.17) is 4.74 Å². The average Bonchev–Trinajstić information content (AvgIpc) is 3.14. The molecule has 5 heteroatoms. The SMILES string of the molecule is COC(=O)C1CCCN2C(=O)N(CC3CC3)CC12. The van der Waals surface area contributed by atoms with Gasteiger partial charge in [-0.15, -0.1) is 0 Å². The highest BCUT2D eigenvalue weighted by Crippen LogP contribution is 2.35. The number of amides is 2. The van der Waals surface area contributed by atoms with Crippen LogP contribution in [0.3, 0.4) is 0 Å². The van der Waals surface area contributed by atoms with E-state index in [9.17, 15) is 9.59 Å². The summed E-state index contributed by atoms with van der Waals surface area (Å²) in [4.78, 5) is 27.9. The number of fused-ring (bicyclic) bond motifs is 1. The minimum atomic E-state index is -0.161. The number of ether oxygens (including phenoxy) is 1. The number of methoxy groups -OCH3 is 1. The molecule has 2 aliphatic heterocycles. The maximum Gasteiger partial charge on any atom is 0.320 e. The van der Waals surface area contributed by atoms with Gasteiger partial charge in [0.2, 0.25) is 0 Å². The van der Waals surface area contributed by atoms with Crippen molar-refractivity contribution in [3.63, 3.8) is 0 Å². The summed E-state index contributed by atoms with van der Waals surface area (Å²) in [7, 11) is 1.43. The summed E-state index contributed by atoms with van der Waals surface area (Å²) in [5.74, 6) is 0.412. The number of esters is 1. The monoisotopic (exact) mass is 252 g/mol. The van der Waals surface area contributed by atoms with E-state index < -0.39 is 0 Å². The van der Waals surface area contributed by atoms with Gasteiger partial charge in [0.1, 0.15) is 0 Å². The Bertz CT molecular complexity index is 367. The third-order valence-electron chi connectivity index (χ3n) is 4.38. The molecule has 1 aliphatic carbocycles. The first-order valence-corrected chi connectivity index (χ1v) is 6.84. The maximum absolute atomic E-state index is 12.3. The van der Waals surface area contributed by atoms with Crippen molar-refractivity contribution in [1.29, 1.82) is 0 Å². The van der Waals surface area contributed by atoms with Gasteiger partial charge in [-0.1, -0.05) is 0 Å². The molecule has 0 bridgehead atoms. The van der Waals surface area contributed by atoms with Crippen molar-refractivity contribution >= 4 is 12.0 Å². The molecule has 0 aromatic rings. The average molecular weight is 252 g/mol. The number of carbonyl (C=O) groups is 2. The highest BCUT2D eigenvalue weighted by atomic mass is 16.5. The maximum atomic E-state index is 12.3. The summed E-state index contributed by atoms with van der Waals surface area (Å²) in [5.41, 5.74) is 0. The number of urea groups is 1. The zero-order chi connectivity index (χ0) is 12.7. The van der Waals surface area contributed by atoms with Gasteiger partial charge in [0.15, 0.2) is 0 Å². The molecule has 1 saturated carbocycles. The minimum Gasteiger partial charge on any atom is -0.469 e. The predicted molar refractivity (Wildman–Crippen MR) is 64.9 cm³/mol. The van der Waals surface area contributed by atoms with E-state index >= 15 is 0 Å². The van der Waals surface area contributed by atoms with E-state index in [1.807, 2.05) is 9.80 Å². The number of nitrogens with zero attached hydrogens (tertiary/aromatic N) is 2. The summed E-state index contributed by atoms with van der Waals surface area (Å²) >= 11 is 0. The third kappa shape index (κ3) is 1.95. The Morgan fingerprint density at radius 1 is 1.39 bits per heavy atom. The fourth-order valence-corrected chi connectivity index (χ4v) is 3.20. The molecule has 2 amide bonds. The molecule has 2 unspecified atom stereocenters. The molecule has 2 saturated heterocycles. The number of piperidine rings is 1. The normalized spacial score (nSPS) is 31.5. The van der Waals surface area contributed by atoms with Gasteiger partial charge in [-0.05, 0) is 31.6 Å². The van der Waals surface area contributed by atoms with Crippen LogP contribution < -0.4 is 0 Å². The van der Waals surface area contributed by atoms with Gasteiger partial charge in [0, 0.05) is 19.6 Å². The summed E-state index contributed by atoms with van der Waals surface area (Å²) in [6.07, 6.45) is 4.24. The number of rotatable bonds is 3. The Morgan fingerprint density at radius 3 is 2.83 bits per heavy atom. The molecule has 0 N–H and O–H groups in total. The number of hydrogen-bond acceptors (Lipinski definition) is 3. The first-order chi connectivity index (χ1) is 8.70. The van der Waals surface area contributed by atoms with Crippen molar-refractivity contribution in [2.45, 2.75) is 31.7 Å². The Labute approximate surface area is 107 Å². The van der Waals surface area contributed by atoms with Crippen LogP contribution in [0, 0.1) is 11.8 Å². The smallest absolute Gasteiger partial charge is 0.320 e. The van der Waals surface area contributed by atoms with Gasteiger partial charge in [0.25, 0.3) is 0 Å². The predicted octanol–water partition coefficient (Wildman–Crippen LogP) is 1.09. The molecule has 0 aromatic carbocycles. The molecule has 0 aromatic heterocycles. The molecule has 0 radical (unpaired) electrons. The lowest BCUT2D eigenvalue weighted by Crippen LogP contribution is -2.46. The van der Waals surface area contributed by atoms with E-state index in [-0.39, 0.29) is 24.0 Å². The molecule has 100 valence electrons. The summed E-state index contributed by atoms with van der Waals surface area (Å²) < 4.78 is 4.87. The molecule has 0 spiro atoms. The van der Waals surface area contributed by atoms with Crippen LogP contribution in [-0.2, 0) is 9.53 Å². The molecule has 3 fully saturated rings. The van der Waals surface area contributed by atoms with Crippen molar-refractivity contribution in [3.8, 4) is 0 Å². The topological polar surface area (TPSA) is 49.9 Å². The fraction of sp³-hybridized carbons (Fsp3) is 0.846. The van der Waals surface area contributed by atoms with Gasteiger partial charge in [-0.3, -0.25) is 4.79 Å². The van der Waals surface area contributed by atoms with Crippen LogP contribution >= 0.6 is 0 Å².